The van der Waals surface area contributed by atoms with Crippen LogP contribution in [0.3, 0.4) is 0 Å². The number of nitrogens with zero attached hydrogens (tertiary/aromatic N) is 3. The van der Waals surface area contributed by atoms with Gasteiger partial charge >= 0.3 is 0 Å². The summed E-state index contributed by atoms with van der Waals surface area (Å²) in [5, 5.41) is 0.627. The molecule has 0 spiro atoms. The molecule has 1 aromatic heterocycles. The summed E-state index contributed by atoms with van der Waals surface area (Å²) in [5.74, 6) is 1.01. The molecule has 1 saturated heterocycles. The monoisotopic (exact) mass is 328 g/mol. The molecule has 24 heavy (non-hydrogen) atoms. The van der Waals surface area contributed by atoms with Gasteiger partial charge in [-0.3, -0.25) is 14.5 Å². The number of nitrogens with one attached hydrogen (secondary N) is 1. The van der Waals surface area contributed by atoms with Crippen molar-refractivity contribution in [2.24, 2.45) is 5.92 Å². The third-order valence-electron chi connectivity index (χ3n) is 4.50. The zero-order valence-corrected chi connectivity index (χ0v) is 14.3. The Morgan fingerprint density at radius 2 is 1.92 bits per heavy atom. The molecule has 0 radical (unpaired) electrons. The maximum Gasteiger partial charge on any atom is 0.258 e. The molecule has 1 aliphatic heterocycles. The Morgan fingerprint density at radius 3 is 2.62 bits per heavy atom. The topological polar surface area (TPSA) is 69.3 Å². The highest BCUT2D eigenvalue weighted by Crippen LogP contribution is 2.09. The Hall–Kier alpha value is -2.21. The fourth-order valence-electron chi connectivity index (χ4n) is 3.07. The molecule has 2 heterocycles. The standard InChI is InChI=1S/C18H24N4O2/c1-13(2)18(24)22-11-9-21(10-12-22)8-7-16-19-15-6-4-3-5-14(15)17(23)20-16/h3-6,13H,7-12H2,1-2H3,(H,19,20,23). The van der Waals surface area contributed by atoms with E-state index in [4.69, 9.17) is 0 Å². The van der Waals surface area contributed by atoms with Crippen molar-refractivity contribution < 1.29 is 4.79 Å². The Kier molecular flexibility index (Phi) is 4.94. The van der Waals surface area contributed by atoms with Gasteiger partial charge in [0.15, 0.2) is 0 Å². The van der Waals surface area contributed by atoms with Gasteiger partial charge in [-0.2, -0.15) is 0 Å². The van der Waals surface area contributed by atoms with E-state index in [0.29, 0.717) is 11.8 Å². The minimum Gasteiger partial charge on any atom is -0.340 e. The number of H-pyrrole nitrogens is 1. The summed E-state index contributed by atoms with van der Waals surface area (Å²) in [6.07, 6.45) is 0.707. The Morgan fingerprint density at radius 1 is 1.21 bits per heavy atom. The minimum absolute atomic E-state index is 0.0587. The number of aromatic amines is 1. The van der Waals surface area contributed by atoms with Crippen molar-refractivity contribution in [2.45, 2.75) is 20.3 Å². The number of fused-ring (bicyclic) bond motifs is 1. The van der Waals surface area contributed by atoms with Gasteiger partial charge in [-0.25, -0.2) is 4.98 Å². The molecule has 1 fully saturated rings. The summed E-state index contributed by atoms with van der Waals surface area (Å²) in [4.78, 5) is 35.8. The minimum atomic E-state index is -0.0806. The van der Waals surface area contributed by atoms with Crippen LogP contribution in [0.4, 0.5) is 0 Å². The molecule has 2 aromatic rings. The van der Waals surface area contributed by atoms with E-state index >= 15 is 0 Å². The van der Waals surface area contributed by atoms with Crippen molar-refractivity contribution in [2.75, 3.05) is 32.7 Å². The molecule has 128 valence electrons. The summed E-state index contributed by atoms with van der Waals surface area (Å²) < 4.78 is 0. The van der Waals surface area contributed by atoms with Crippen LogP contribution >= 0.6 is 0 Å². The number of piperazine rings is 1. The lowest BCUT2D eigenvalue weighted by atomic mass is 10.1. The van der Waals surface area contributed by atoms with Gasteiger partial charge in [-0.1, -0.05) is 26.0 Å². The highest BCUT2D eigenvalue weighted by Gasteiger charge is 2.22. The summed E-state index contributed by atoms with van der Waals surface area (Å²) in [5.41, 5.74) is 0.659. The van der Waals surface area contributed by atoms with Gasteiger partial charge in [0.1, 0.15) is 5.82 Å². The van der Waals surface area contributed by atoms with Crippen LogP contribution in [0, 0.1) is 5.92 Å². The normalized spacial score (nSPS) is 16.0. The number of para-hydroxylation sites is 1. The molecule has 0 aliphatic carbocycles. The van der Waals surface area contributed by atoms with Crippen molar-refractivity contribution in [3.63, 3.8) is 0 Å². The van der Waals surface area contributed by atoms with Crippen LogP contribution in [-0.2, 0) is 11.2 Å². The summed E-state index contributed by atoms with van der Waals surface area (Å²) in [7, 11) is 0. The first-order chi connectivity index (χ1) is 11.5. The van der Waals surface area contributed by atoms with Crippen LogP contribution in [0.2, 0.25) is 0 Å². The summed E-state index contributed by atoms with van der Waals surface area (Å²) in [6.45, 7) is 8.02. The fraction of sp³-hybridized carbons (Fsp3) is 0.500. The number of amides is 1. The highest BCUT2D eigenvalue weighted by atomic mass is 16.2. The Bertz CT molecular complexity index is 776. The molecule has 3 rings (SSSR count). The molecule has 1 amide bonds. The molecule has 1 N–H and O–H groups in total. The van der Waals surface area contributed by atoms with Gasteiger partial charge in [-0.15, -0.1) is 0 Å². The highest BCUT2D eigenvalue weighted by molar-refractivity contribution is 5.78. The van der Waals surface area contributed by atoms with Crippen molar-refractivity contribution >= 4 is 16.8 Å². The number of carbonyl (C=O) groups excluding carboxylic acids is 1. The first-order valence-electron chi connectivity index (χ1n) is 8.53. The molecule has 0 atom stereocenters. The number of hydrogen-bond acceptors (Lipinski definition) is 4. The zero-order chi connectivity index (χ0) is 17.1. The van der Waals surface area contributed by atoms with Crippen LogP contribution in [0.1, 0.15) is 19.7 Å². The molecular formula is C18H24N4O2. The number of rotatable bonds is 4. The van der Waals surface area contributed by atoms with Gasteiger partial charge in [0.05, 0.1) is 10.9 Å². The maximum absolute atomic E-state index is 12.1. The molecule has 6 nitrogen and oxygen atoms in total. The summed E-state index contributed by atoms with van der Waals surface area (Å²) >= 11 is 0. The molecule has 1 aromatic carbocycles. The molecule has 0 unspecified atom stereocenters. The largest absolute Gasteiger partial charge is 0.340 e. The van der Waals surface area contributed by atoms with Crippen molar-refractivity contribution in [3.05, 3.63) is 40.4 Å². The third kappa shape index (κ3) is 3.64. The van der Waals surface area contributed by atoms with Crippen LogP contribution in [0.15, 0.2) is 29.1 Å². The maximum atomic E-state index is 12.1. The first-order valence-corrected chi connectivity index (χ1v) is 8.53. The summed E-state index contributed by atoms with van der Waals surface area (Å²) in [6, 6.07) is 7.39. The SMILES string of the molecule is CC(C)C(=O)N1CCN(CCc2nc3ccccc3c(=O)[nH]2)CC1. The van der Waals surface area contributed by atoms with E-state index in [2.05, 4.69) is 14.9 Å². The smallest absolute Gasteiger partial charge is 0.258 e. The van der Waals surface area contributed by atoms with Crippen LogP contribution in [0.25, 0.3) is 10.9 Å². The second-order valence-electron chi connectivity index (χ2n) is 6.60. The lowest BCUT2D eigenvalue weighted by molar-refractivity contribution is -0.136. The second-order valence-corrected chi connectivity index (χ2v) is 6.60. The van der Waals surface area contributed by atoms with E-state index in [1.54, 1.807) is 6.07 Å². The van der Waals surface area contributed by atoms with Crippen LogP contribution < -0.4 is 5.56 Å². The van der Waals surface area contributed by atoms with E-state index in [0.717, 1.165) is 44.1 Å². The molecule has 0 bridgehead atoms. The average Bonchev–Trinajstić information content (AvgIpc) is 2.60. The predicted octanol–water partition coefficient (Wildman–Crippen LogP) is 1.27. The quantitative estimate of drug-likeness (QED) is 0.917. The average molecular weight is 328 g/mol. The van der Waals surface area contributed by atoms with E-state index in [9.17, 15) is 9.59 Å². The van der Waals surface area contributed by atoms with E-state index in [1.807, 2.05) is 36.9 Å². The van der Waals surface area contributed by atoms with Gasteiger partial charge < -0.3 is 9.88 Å². The molecule has 0 saturated carbocycles. The first kappa shape index (κ1) is 16.6. The second kappa shape index (κ2) is 7.13. The number of aromatic nitrogens is 2. The van der Waals surface area contributed by atoms with Gasteiger partial charge in [0, 0.05) is 45.1 Å². The zero-order valence-electron chi connectivity index (χ0n) is 14.3. The van der Waals surface area contributed by atoms with E-state index in [-0.39, 0.29) is 17.4 Å². The van der Waals surface area contributed by atoms with Crippen LogP contribution in [0.5, 0.6) is 0 Å². The molecular weight excluding hydrogens is 304 g/mol. The predicted molar refractivity (Wildman–Crippen MR) is 93.9 cm³/mol. The number of benzene rings is 1. The molecule has 1 aliphatic rings. The number of hydrogen-bond donors (Lipinski definition) is 1. The number of carbonyl (C=O) groups is 1. The van der Waals surface area contributed by atoms with Gasteiger partial charge in [0.2, 0.25) is 5.91 Å². The van der Waals surface area contributed by atoms with Gasteiger partial charge in [-0.05, 0) is 12.1 Å². The van der Waals surface area contributed by atoms with Crippen LogP contribution in [-0.4, -0.2) is 58.4 Å². The Labute approximate surface area is 141 Å². The lowest BCUT2D eigenvalue weighted by Crippen LogP contribution is -2.50. The van der Waals surface area contributed by atoms with Crippen molar-refractivity contribution in [3.8, 4) is 0 Å². The van der Waals surface area contributed by atoms with Crippen molar-refractivity contribution in [1.29, 1.82) is 0 Å². The molecule has 6 heteroatoms. The van der Waals surface area contributed by atoms with E-state index in [1.165, 1.54) is 0 Å². The van der Waals surface area contributed by atoms with Crippen molar-refractivity contribution in [1.82, 2.24) is 19.8 Å². The third-order valence-corrected chi connectivity index (χ3v) is 4.50. The Balaban J connectivity index is 1.57. The fourth-order valence-corrected chi connectivity index (χ4v) is 3.07. The lowest BCUT2D eigenvalue weighted by Gasteiger charge is -2.35. The van der Waals surface area contributed by atoms with E-state index < -0.39 is 0 Å². The van der Waals surface area contributed by atoms with Gasteiger partial charge in [0.25, 0.3) is 5.56 Å².